The first-order valence-electron chi connectivity index (χ1n) is 11.0. The molecule has 3 N–H and O–H groups in total. The highest BCUT2D eigenvalue weighted by Gasteiger charge is 2.47. The molecule has 4 aromatic rings. The number of halogens is 3. The molecule has 0 aliphatic carbocycles. The van der Waals surface area contributed by atoms with Gasteiger partial charge in [-0.25, -0.2) is 18.7 Å². The summed E-state index contributed by atoms with van der Waals surface area (Å²) in [4.78, 5) is 8.09. The van der Waals surface area contributed by atoms with Crippen molar-refractivity contribution in [1.29, 1.82) is 0 Å². The van der Waals surface area contributed by atoms with Crippen LogP contribution >= 0.6 is 0 Å². The molecule has 2 atom stereocenters. The normalized spacial score (nSPS) is 20.7. The average molecular weight is 476 g/mol. The van der Waals surface area contributed by atoms with Crippen molar-refractivity contribution in [2.24, 2.45) is 5.73 Å². The number of pyridine rings is 2. The van der Waals surface area contributed by atoms with Gasteiger partial charge in [-0.2, -0.15) is 4.39 Å². The third kappa shape index (κ3) is 3.65. The van der Waals surface area contributed by atoms with Crippen molar-refractivity contribution < 1.29 is 22.6 Å². The van der Waals surface area contributed by atoms with Gasteiger partial charge in [0.1, 0.15) is 29.2 Å². The zero-order valence-corrected chi connectivity index (χ0v) is 18.3. The van der Waals surface area contributed by atoms with E-state index in [9.17, 15) is 13.2 Å². The molecule has 0 bridgehead atoms. The molecule has 1 saturated heterocycles. The molecule has 2 aliphatic heterocycles. The zero-order chi connectivity index (χ0) is 24.2. The van der Waals surface area contributed by atoms with Gasteiger partial charge in [0.05, 0.1) is 5.56 Å². The van der Waals surface area contributed by atoms with E-state index >= 15 is 0 Å². The Hall–Kier alpha value is -3.79. The fraction of sp³-hybridized carbons (Fsp3) is 0.154. The first-order valence-corrected chi connectivity index (χ1v) is 11.0. The molecule has 0 radical (unpaired) electrons. The molecule has 6 nitrogen and oxygen atoms in total. The summed E-state index contributed by atoms with van der Waals surface area (Å²) in [5.74, 6) is -0.941. The molecule has 0 saturated carbocycles. The minimum atomic E-state index is -1.13. The minimum Gasteiger partial charge on any atom is -0.438 e. The van der Waals surface area contributed by atoms with E-state index in [-0.39, 0.29) is 5.56 Å². The molecule has 6 rings (SSSR count). The Kier molecular flexibility index (Phi) is 5.06. The van der Waals surface area contributed by atoms with E-state index in [1.807, 2.05) is 6.07 Å². The van der Waals surface area contributed by atoms with Crippen molar-refractivity contribution in [2.45, 2.75) is 11.8 Å². The first kappa shape index (κ1) is 21.7. The Bertz CT molecular complexity index is 1460. The van der Waals surface area contributed by atoms with E-state index in [1.54, 1.807) is 30.5 Å². The van der Waals surface area contributed by atoms with Gasteiger partial charge in [-0.05, 0) is 53.6 Å². The maximum absolute atomic E-state index is 14.6. The van der Waals surface area contributed by atoms with Crippen molar-refractivity contribution in [1.82, 2.24) is 15.3 Å². The van der Waals surface area contributed by atoms with Crippen molar-refractivity contribution >= 4 is 0 Å². The Labute approximate surface area is 198 Å². The summed E-state index contributed by atoms with van der Waals surface area (Å²) in [6, 6.07) is 13.1. The van der Waals surface area contributed by atoms with Gasteiger partial charge < -0.3 is 20.5 Å². The number of fused-ring (bicyclic) bond motifs is 4. The molecular weight excluding hydrogens is 457 g/mol. The van der Waals surface area contributed by atoms with Gasteiger partial charge in [0.15, 0.2) is 0 Å². The predicted molar refractivity (Wildman–Crippen MR) is 122 cm³/mol. The zero-order valence-electron chi connectivity index (χ0n) is 18.3. The van der Waals surface area contributed by atoms with Crippen LogP contribution in [0.4, 0.5) is 13.2 Å². The number of benzene rings is 2. The highest BCUT2D eigenvalue weighted by Crippen LogP contribution is 2.50. The number of morpholine rings is 1. The van der Waals surface area contributed by atoms with Crippen molar-refractivity contribution in [3.63, 3.8) is 0 Å². The molecule has 4 heterocycles. The smallest absolute Gasteiger partial charge is 0.225 e. The summed E-state index contributed by atoms with van der Waals surface area (Å²) >= 11 is 0. The lowest BCUT2D eigenvalue weighted by molar-refractivity contribution is -0.0973. The summed E-state index contributed by atoms with van der Waals surface area (Å²) in [5, 5.41) is 3.29. The van der Waals surface area contributed by atoms with Gasteiger partial charge in [-0.1, -0.05) is 6.07 Å². The van der Waals surface area contributed by atoms with Crippen LogP contribution in [0.1, 0.15) is 11.1 Å². The Morgan fingerprint density at radius 1 is 0.914 bits per heavy atom. The third-order valence-corrected chi connectivity index (χ3v) is 6.28. The van der Waals surface area contributed by atoms with Gasteiger partial charge in [0.25, 0.3) is 0 Å². The maximum Gasteiger partial charge on any atom is 0.225 e. The number of aromatic nitrogens is 2. The second-order valence-electron chi connectivity index (χ2n) is 8.50. The summed E-state index contributed by atoms with van der Waals surface area (Å²) in [6.07, 6.45) is 2.30. The molecule has 0 amide bonds. The lowest BCUT2D eigenvalue weighted by Gasteiger charge is -2.44. The molecule has 2 aromatic carbocycles. The number of hydrogen-bond acceptors (Lipinski definition) is 6. The van der Waals surface area contributed by atoms with Gasteiger partial charge in [-0.3, -0.25) is 0 Å². The van der Waals surface area contributed by atoms with E-state index in [0.717, 1.165) is 18.2 Å². The second-order valence-corrected chi connectivity index (χ2v) is 8.50. The number of hydrogen-bond donors (Lipinski definition) is 2. The van der Waals surface area contributed by atoms with Crippen molar-refractivity contribution in [3.05, 3.63) is 95.7 Å². The Morgan fingerprint density at radius 2 is 1.77 bits per heavy atom. The Balaban J connectivity index is 1.55. The van der Waals surface area contributed by atoms with E-state index in [2.05, 4.69) is 15.3 Å². The van der Waals surface area contributed by atoms with Gasteiger partial charge in [0, 0.05) is 48.2 Å². The molecule has 2 aromatic heterocycles. The third-order valence-electron chi connectivity index (χ3n) is 6.28. The van der Waals surface area contributed by atoms with Crippen molar-refractivity contribution in [2.75, 3.05) is 13.1 Å². The molecule has 35 heavy (non-hydrogen) atoms. The minimum absolute atomic E-state index is 0.112. The number of nitrogens with one attached hydrogen (secondary N) is 1. The maximum atomic E-state index is 14.6. The van der Waals surface area contributed by atoms with Crippen LogP contribution in [-0.2, 0) is 10.3 Å². The fourth-order valence-electron chi connectivity index (χ4n) is 4.68. The number of ether oxygens (including phenoxy) is 2. The van der Waals surface area contributed by atoms with E-state index in [4.69, 9.17) is 15.2 Å². The van der Waals surface area contributed by atoms with Crippen LogP contribution in [0, 0.1) is 17.6 Å². The summed E-state index contributed by atoms with van der Waals surface area (Å²) in [7, 11) is 0. The van der Waals surface area contributed by atoms with Crippen LogP contribution in [0.15, 0.2) is 67.0 Å². The molecule has 1 fully saturated rings. The predicted octanol–water partition coefficient (Wildman–Crippen LogP) is 4.48. The van der Waals surface area contributed by atoms with Crippen LogP contribution in [-0.4, -0.2) is 29.3 Å². The monoisotopic (exact) mass is 476 g/mol. The van der Waals surface area contributed by atoms with E-state index in [1.165, 1.54) is 12.3 Å². The second kappa shape index (κ2) is 8.16. The standard InChI is InChI=1S/C26H19F3N4O2/c27-17-2-3-21(28)18(10-17)15-1-4-22-19(7-15)26(13-31-12-24(30)35-26)20-8-16(11-33-25(20)34-22)14-5-6-32-23(29)9-14/h1-11,24,31H,12-13,30H2/t24-,26?/m0/s1. The van der Waals surface area contributed by atoms with E-state index in [0.29, 0.717) is 52.5 Å². The molecule has 1 spiro atoms. The van der Waals surface area contributed by atoms with Crippen LogP contribution < -0.4 is 15.8 Å². The van der Waals surface area contributed by atoms with E-state index < -0.39 is 29.4 Å². The van der Waals surface area contributed by atoms with Gasteiger partial charge in [0.2, 0.25) is 11.8 Å². The fourth-order valence-corrected chi connectivity index (χ4v) is 4.68. The lowest BCUT2D eigenvalue weighted by Crippen LogP contribution is -2.56. The molecule has 176 valence electrons. The van der Waals surface area contributed by atoms with Crippen LogP contribution in [0.25, 0.3) is 22.3 Å². The summed E-state index contributed by atoms with van der Waals surface area (Å²) in [5.41, 5.74) is 8.03. The topological polar surface area (TPSA) is 82.3 Å². The highest BCUT2D eigenvalue weighted by atomic mass is 19.1. The Morgan fingerprint density at radius 3 is 2.60 bits per heavy atom. The molecule has 2 aliphatic rings. The largest absolute Gasteiger partial charge is 0.438 e. The number of nitrogens with zero attached hydrogens (tertiary/aromatic N) is 2. The summed E-state index contributed by atoms with van der Waals surface area (Å²) in [6.45, 7) is 0.753. The average Bonchev–Trinajstić information content (AvgIpc) is 2.85. The highest BCUT2D eigenvalue weighted by molar-refractivity contribution is 5.71. The quantitative estimate of drug-likeness (QED) is 0.415. The van der Waals surface area contributed by atoms with Gasteiger partial charge in [-0.15, -0.1) is 0 Å². The van der Waals surface area contributed by atoms with Crippen LogP contribution in [0.3, 0.4) is 0 Å². The SMILES string of the molecule is N[C@@H]1CNCC2(O1)c1cc(-c3cc(F)ccc3F)ccc1Oc1ncc(-c3ccnc(F)c3)cc12. The van der Waals surface area contributed by atoms with Crippen LogP contribution in [0.5, 0.6) is 11.6 Å². The molecule has 1 unspecified atom stereocenters. The molecular formula is C26H19F3N4O2. The molecule has 9 heteroatoms. The van der Waals surface area contributed by atoms with Crippen LogP contribution in [0.2, 0.25) is 0 Å². The lowest BCUT2D eigenvalue weighted by atomic mass is 9.81. The van der Waals surface area contributed by atoms with Gasteiger partial charge >= 0.3 is 0 Å². The van der Waals surface area contributed by atoms with Crippen molar-refractivity contribution in [3.8, 4) is 33.9 Å². The summed E-state index contributed by atoms with van der Waals surface area (Å²) < 4.78 is 54.8. The number of rotatable bonds is 2. The first-order chi connectivity index (χ1) is 16.9. The number of nitrogens with two attached hydrogens (primary N) is 1.